The average Bonchev–Trinajstić information content (AvgIpc) is 2.59. The molecule has 1 heterocycles. The van der Waals surface area contributed by atoms with Crippen LogP contribution in [0.5, 0.6) is 0 Å². The van der Waals surface area contributed by atoms with E-state index >= 15 is 0 Å². The molecule has 3 N–H and O–H groups in total. The molecule has 1 rings (SSSR count). The van der Waals surface area contributed by atoms with Gasteiger partial charge < -0.3 is 15.8 Å². The minimum atomic E-state index is -0.126. The second-order valence-corrected chi connectivity index (χ2v) is 5.95. The van der Waals surface area contributed by atoms with Gasteiger partial charge in [-0.3, -0.25) is 0 Å². The molecule has 3 heteroatoms. The fourth-order valence-corrected chi connectivity index (χ4v) is 2.49. The third-order valence-corrected chi connectivity index (χ3v) is 3.70. The highest BCUT2D eigenvalue weighted by Gasteiger charge is 2.30. The fraction of sp³-hybridized carbons (Fsp3) is 1.00. The van der Waals surface area contributed by atoms with Gasteiger partial charge in [0.05, 0.1) is 12.1 Å². The molecule has 0 spiro atoms. The molecule has 16 heavy (non-hydrogen) atoms. The molecule has 96 valence electrons. The number of nitrogens with two attached hydrogens (primary N) is 1. The molecule has 1 unspecified atom stereocenters. The van der Waals surface area contributed by atoms with Gasteiger partial charge in [0, 0.05) is 13.2 Å². The smallest absolute Gasteiger partial charge is 0.0659 e. The Hall–Kier alpha value is -0.120. The van der Waals surface area contributed by atoms with Gasteiger partial charge in [0.2, 0.25) is 0 Å². The first-order valence-corrected chi connectivity index (χ1v) is 6.52. The van der Waals surface area contributed by atoms with Gasteiger partial charge in [-0.15, -0.1) is 0 Å². The van der Waals surface area contributed by atoms with E-state index in [1.807, 2.05) is 0 Å². The SMILES string of the molecule is CC(C)C(CNCC1(N)CCOC1)C(C)C. The summed E-state index contributed by atoms with van der Waals surface area (Å²) in [4.78, 5) is 0. The molecular formula is C13H28N2O. The first-order chi connectivity index (χ1) is 7.44. The monoisotopic (exact) mass is 228 g/mol. The van der Waals surface area contributed by atoms with E-state index in [1.165, 1.54) is 0 Å². The molecule has 3 nitrogen and oxygen atoms in total. The van der Waals surface area contributed by atoms with Gasteiger partial charge in [-0.1, -0.05) is 27.7 Å². The molecule has 1 fully saturated rings. The van der Waals surface area contributed by atoms with Crippen LogP contribution in [0.2, 0.25) is 0 Å². The zero-order chi connectivity index (χ0) is 12.2. The van der Waals surface area contributed by atoms with Crippen LogP contribution in [0.3, 0.4) is 0 Å². The lowest BCUT2D eigenvalue weighted by Crippen LogP contribution is -2.50. The van der Waals surface area contributed by atoms with Gasteiger partial charge >= 0.3 is 0 Å². The summed E-state index contributed by atoms with van der Waals surface area (Å²) in [5.74, 6) is 2.17. The topological polar surface area (TPSA) is 47.3 Å². The minimum absolute atomic E-state index is 0.126. The standard InChI is InChI=1S/C13H28N2O/c1-10(2)12(11(3)4)7-15-8-13(14)5-6-16-9-13/h10-12,15H,5-9,14H2,1-4H3. The van der Waals surface area contributed by atoms with E-state index in [0.717, 1.165) is 43.9 Å². The summed E-state index contributed by atoms with van der Waals surface area (Å²) in [5, 5.41) is 3.53. The van der Waals surface area contributed by atoms with Crippen LogP contribution in [0.15, 0.2) is 0 Å². The van der Waals surface area contributed by atoms with Crippen LogP contribution in [-0.4, -0.2) is 31.8 Å². The predicted molar refractivity (Wildman–Crippen MR) is 68.4 cm³/mol. The first kappa shape index (κ1) is 13.9. The van der Waals surface area contributed by atoms with Crippen molar-refractivity contribution >= 4 is 0 Å². The number of nitrogens with one attached hydrogen (secondary N) is 1. The summed E-state index contributed by atoms with van der Waals surface area (Å²) in [6, 6.07) is 0. The van der Waals surface area contributed by atoms with Crippen molar-refractivity contribution in [3.05, 3.63) is 0 Å². The fourth-order valence-electron chi connectivity index (χ4n) is 2.49. The molecule has 1 atom stereocenters. The highest BCUT2D eigenvalue weighted by molar-refractivity contribution is 4.90. The Labute approximate surface area is 100 Å². The van der Waals surface area contributed by atoms with Crippen LogP contribution in [-0.2, 0) is 4.74 Å². The summed E-state index contributed by atoms with van der Waals surface area (Å²) < 4.78 is 5.35. The lowest BCUT2D eigenvalue weighted by molar-refractivity contribution is 0.175. The van der Waals surface area contributed by atoms with Gasteiger partial charge in [-0.05, 0) is 30.7 Å². The number of hydrogen-bond acceptors (Lipinski definition) is 3. The Morgan fingerprint density at radius 3 is 2.31 bits per heavy atom. The molecule has 1 aliphatic heterocycles. The van der Waals surface area contributed by atoms with E-state index in [2.05, 4.69) is 33.0 Å². The zero-order valence-electron chi connectivity index (χ0n) is 11.3. The lowest BCUT2D eigenvalue weighted by Gasteiger charge is -2.28. The van der Waals surface area contributed by atoms with Crippen LogP contribution in [0.4, 0.5) is 0 Å². The second kappa shape index (κ2) is 5.99. The Balaban J connectivity index is 2.27. The summed E-state index contributed by atoms with van der Waals surface area (Å²) >= 11 is 0. The van der Waals surface area contributed by atoms with Crippen LogP contribution in [0, 0.1) is 17.8 Å². The molecule has 0 radical (unpaired) electrons. The van der Waals surface area contributed by atoms with E-state index < -0.39 is 0 Å². The van der Waals surface area contributed by atoms with Gasteiger partial charge in [0.25, 0.3) is 0 Å². The number of hydrogen-bond donors (Lipinski definition) is 2. The Morgan fingerprint density at radius 2 is 1.88 bits per heavy atom. The third-order valence-electron chi connectivity index (χ3n) is 3.70. The first-order valence-electron chi connectivity index (χ1n) is 6.52. The highest BCUT2D eigenvalue weighted by Crippen LogP contribution is 2.20. The van der Waals surface area contributed by atoms with Crippen LogP contribution in [0.25, 0.3) is 0 Å². The van der Waals surface area contributed by atoms with Crippen molar-refractivity contribution in [3.8, 4) is 0 Å². The summed E-state index contributed by atoms with van der Waals surface area (Å²) in [6.07, 6.45) is 0.980. The molecule has 0 saturated carbocycles. The Kier molecular flexibility index (Phi) is 5.22. The molecule has 0 bridgehead atoms. The Morgan fingerprint density at radius 1 is 1.25 bits per heavy atom. The van der Waals surface area contributed by atoms with Crippen LogP contribution >= 0.6 is 0 Å². The maximum atomic E-state index is 6.21. The summed E-state index contributed by atoms with van der Waals surface area (Å²) in [6.45, 7) is 12.6. The summed E-state index contributed by atoms with van der Waals surface area (Å²) in [7, 11) is 0. The van der Waals surface area contributed by atoms with Gasteiger partial charge in [-0.25, -0.2) is 0 Å². The lowest BCUT2D eigenvalue weighted by atomic mass is 9.85. The van der Waals surface area contributed by atoms with Crippen molar-refractivity contribution in [2.24, 2.45) is 23.5 Å². The largest absolute Gasteiger partial charge is 0.379 e. The van der Waals surface area contributed by atoms with Crippen LogP contribution in [0.1, 0.15) is 34.1 Å². The zero-order valence-corrected chi connectivity index (χ0v) is 11.3. The maximum absolute atomic E-state index is 6.21. The van der Waals surface area contributed by atoms with Crippen molar-refractivity contribution in [1.82, 2.24) is 5.32 Å². The predicted octanol–water partition coefficient (Wildman–Crippen LogP) is 1.62. The number of rotatable bonds is 6. The average molecular weight is 228 g/mol. The molecule has 1 aliphatic rings. The molecule has 0 amide bonds. The van der Waals surface area contributed by atoms with Crippen molar-refractivity contribution < 1.29 is 4.74 Å². The molecule has 1 saturated heterocycles. The van der Waals surface area contributed by atoms with E-state index in [0.29, 0.717) is 6.61 Å². The van der Waals surface area contributed by atoms with E-state index in [-0.39, 0.29) is 5.54 Å². The van der Waals surface area contributed by atoms with Crippen LogP contribution < -0.4 is 11.1 Å². The third kappa shape index (κ3) is 4.04. The molecule has 0 aromatic heterocycles. The number of ether oxygens (including phenoxy) is 1. The van der Waals surface area contributed by atoms with E-state index in [9.17, 15) is 0 Å². The van der Waals surface area contributed by atoms with Gasteiger partial charge in [0.15, 0.2) is 0 Å². The minimum Gasteiger partial charge on any atom is -0.379 e. The van der Waals surface area contributed by atoms with Crippen molar-refractivity contribution in [3.63, 3.8) is 0 Å². The molecule has 0 aromatic rings. The van der Waals surface area contributed by atoms with Crippen molar-refractivity contribution in [2.75, 3.05) is 26.3 Å². The highest BCUT2D eigenvalue weighted by atomic mass is 16.5. The molecule has 0 aliphatic carbocycles. The summed E-state index contributed by atoms with van der Waals surface area (Å²) in [5.41, 5.74) is 6.08. The van der Waals surface area contributed by atoms with Crippen molar-refractivity contribution in [2.45, 2.75) is 39.7 Å². The quantitative estimate of drug-likeness (QED) is 0.726. The van der Waals surface area contributed by atoms with Crippen molar-refractivity contribution in [1.29, 1.82) is 0 Å². The molecular weight excluding hydrogens is 200 g/mol. The normalized spacial score (nSPS) is 26.2. The second-order valence-electron chi connectivity index (χ2n) is 5.95. The molecule has 0 aromatic carbocycles. The maximum Gasteiger partial charge on any atom is 0.0659 e. The van der Waals surface area contributed by atoms with E-state index in [1.54, 1.807) is 0 Å². The van der Waals surface area contributed by atoms with Gasteiger partial charge in [-0.2, -0.15) is 0 Å². The Bertz CT molecular complexity index is 190. The van der Waals surface area contributed by atoms with Gasteiger partial charge in [0.1, 0.15) is 0 Å². The van der Waals surface area contributed by atoms with E-state index in [4.69, 9.17) is 10.5 Å².